The van der Waals surface area contributed by atoms with Crippen LogP contribution in [-0.2, 0) is 17.7 Å². The number of aromatic nitrogens is 1. The Morgan fingerprint density at radius 3 is 2.65 bits per heavy atom. The molecule has 1 amide bonds. The van der Waals surface area contributed by atoms with Gasteiger partial charge < -0.3 is 14.7 Å². The molecule has 0 saturated heterocycles. The van der Waals surface area contributed by atoms with Crippen LogP contribution in [0.2, 0.25) is 0 Å². The highest BCUT2D eigenvalue weighted by Crippen LogP contribution is 2.23. The van der Waals surface area contributed by atoms with E-state index in [2.05, 4.69) is 4.98 Å². The lowest BCUT2D eigenvalue weighted by Gasteiger charge is -2.31. The molecule has 0 aromatic carbocycles. The van der Waals surface area contributed by atoms with Gasteiger partial charge in [-0.15, -0.1) is 0 Å². The number of carboxylic acids is 1. The minimum Gasteiger partial charge on any atom is -0.478 e. The number of carboxylic acid groups (broad SMARTS) is 1. The highest BCUT2D eigenvalue weighted by atomic mass is 16.6. The number of fused-ring (bicyclic) bond motifs is 1. The van der Waals surface area contributed by atoms with E-state index in [4.69, 9.17) is 4.74 Å². The Labute approximate surface area is 117 Å². The maximum absolute atomic E-state index is 12.0. The molecule has 1 aliphatic rings. The summed E-state index contributed by atoms with van der Waals surface area (Å²) in [6.45, 7) is 6.15. The summed E-state index contributed by atoms with van der Waals surface area (Å²) in [5, 5.41) is 9.18. The van der Waals surface area contributed by atoms with Gasteiger partial charge in [0.1, 0.15) is 5.60 Å². The zero-order valence-corrected chi connectivity index (χ0v) is 11.8. The van der Waals surface area contributed by atoms with Crippen LogP contribution in [0.1, 0.15) is 42.3 Å². The molecule has 0 saturated carbocycles. The first kappa shape index (κ1) is 14.3. The summed E-state index contributed by atoms with van der Waals surface area (Å²) >= 11 is 0. The zero-order chi connectivity index (χ0) is 14.9. The number of ether oxygens (including phenoxy) is 1. The fourth-order valence-corrected chi connectivity index (χ4v) is 2.12. The predicted octanol–water partition coefficient (Wildman–Crippen LogP) is 2.07. The Hall–Kier alpha value is -2.11. The minimum absolute atomic E-state index is 0.149. The van der Waals surface area contributed by atoms with Gasteiger partial charge >= 0.3 is 12.1 Å². The van der Waals surface area contributed by atoms with Crippen molar-refractivity contribution < 1.29 is 19.4 Å². The number of aromatic carboxylic acids is 1. The summed E-state index contributed by atoms with van der Waals surface area (Å²) in [4.78, 5) is 28.7. The Morgan fingerprint density at radius 1 is 1.35 bits per heavy atom. The van der Waals surface area contributed by atoms with E-state index in [9.17, 15) is 14.7 Å². The third-order valence-corrected chi connectivity index (χ3v) is 3.03. The first-order valence-corrected chi connectivity index (χ1v) is 6.45. The van der Waals surface area contributed by atoms with E-state index in [1.54, 1.807) is 27.0 Å². The fourth-order valence-electron chi connectivity index (χ4n) is 2.12. The normalized spacial score (nSPS) is 14.7. The smallest absolute Gasteiger partial charge is 0.410 e. The van der Waals surface area contributed by atoms with Gasteiger partial charge in [-0.3, -0.25) is 4.98 Å². The Balaban J connectivity index is 2.22. The van der Waals surface area contributed by atoms with Crippen LogP contribution in [0.15, 0.2) is 12.4 Å². The van der Waals surface area contributed by atoms with Crippen molar-refractivity contribution in [3.63, 3.8) is 0 Å². The third-order valence-electron chi connectivity index (χ3n) is 3.03. The second-order valence-electron chi connectivity index (χ2n) is 5.78. The molecule has 2 rings (SSSR count). The number of amides is 1. The van der Waals surface area contributed by atoms with Crippen molar-refractivity contribution in [3.8, 4) is 0 Å². The second kappa shape index (κ2) is 5.11. The standard InChI is InChI=1S/C14H18N2O4/c1-14(2,3)20-13(19)16-5-4-9-6-15-7-10(12(17)18)11(9)8-16/h6-7H,4-5,8H2,1-3H3,(H,17,18). The van der Waals surface area contributed by atoms with Gasteiger partial charge in [0.2, 0.25) is 0 Å². The molecule has 0 radical (unpaired) electrons. The number of pyridine rings is 1. The molecule has 2 heterocycles. The average molecular weight is 278 g/mol. The lowest BCUT2D eigenvalue weighted by atomic mass is 9.98. The van der Waals surface area contributed by atoms with Crippen molar-refractivity contribution in [2.45, 2.75) is 39.3 Å². The first-order valence-electron chi connectivity index (χ1n) is 6.45. The summed E-state index contributed by atoms with van der Waals surface area (Å²) < 4.78 is 5.32. The van der Waals surface area contributed by atoms with Crippen molar-refractivity contribution >= 4 is 12.1 Å². The zero-order valence-electron chi connectivity index (χ0n) is 11.8. The summed E-state index contributed by atoms with van der Waals surface area (Å²) in [5.41, 5.74) is 1.11. The van der Waals surface area contributed by atoms with E-state index in [0.717, 1.165) is 5.56 Å². The van der Waals surface area contributed by atoms with Crippen LogP contribution in [-0.4, -0.2) is 39.2 Å². The van der Waals surface area contributed by atoms with Gasteiger partial charge in [0.15, 0.2) is 0 Å². The van der Waals surface area contributed by atoms with Crippen molar-refractivity contribution in [1.29, 1.82) is 0 Å². The lowest BCUT2D eigenvalue weighted by Crippen LogP contribution is -2.40. The monoisotopic (exact) mass is 278 g/mol. The van der Waals surface area contributed by atoms with E-state index in [1.165, 1.54) is 11.1 Å². The topological polar surface area (TPSA) is 79.7 Å². The van der Waals surface area contributed by atoms with Gasteiger partial charge in [-0.25, -0.2) is 9.59 Å². The molecular weight excluding hydrogens is 260 g/mol. The van der Waals surface area contributed by atoms with Gasteiger partial charge in [0.25, 0.3) is 0 Å². The summed E-state index contributed by atoms with van der Waals surface area (Å²) in [7, 11) is 0. The largest absolute Gasteiger partial charge is 0.478 e. The molecular formula is C14H18N2O4. The van der Waals surface area contributed by atoms with Crippen LogP contribution < -0.4 is 0 Å². The molecule has 1 aliphatic heterocycles. The van der Waals surface area contributed by atoms with E-state index in [-0.39, 0.29) is 12.1 Å². The lowest BCUT2D eigenvalue weighted by molar-refractivity contribution is 0.0221. The van der Waals surface area contributed by atoms with E-state index < -0.39 is 17.7 Å². The maximum Gasteiger partial charge on any atom is 0.410 e. The summed E-state index contributed by atoms with van der Waals surface area (Å²) in [5.74, 6) is -1.03. The van der Waals surface area contributed by atoms with Crippen LogP contribution in [0.25, 0.3) is 0 Å². The quantitative estimate of drug-likeness (QED) is 0.850. The van der Waals surface area contributed by atoms with E-state index in [0.29, 0.717) is 18.5 Å². The fraction of sp³-hybridized carbons (Fsp3) is 0.500. The van der Waals surface area contributed by atoms with E-state index in [1.807, 2.05) is 0 Å². The molecule has 1 aromatic rings. The molecule has 0 fully saturated rings. The van der Waals surface area contributed by atoms with Crippen molar-refractivity contribution in [1.82, 2.24) is 9.88 Å². The van der Waals surface area contributed by atoms with Crippen molar-refractivity contribution in [3.05, 3.63) is 29.1 Å². The Bertz CT molecular complexity index is 549. The van der Waals surface area contributed by atoms with Crippen LogP contribution in [0.5, 0.6) is 0 Å². The molecule has 6 heteroatoms. The van der Waals surface area contributed by atoms with Gasteiger partial charge in [0, 0.05) is 18.9 Å². The number of carbonyl (C=O) groups excluding carboxylic acids is 1. The molecule has 0 aliphatic carbocycles. The number of rotatable bonds is 1. The van der Waals surface area contributed by atoms with Crippen LogP contribution in [0, 0.1) is 0 Å². The molecule has 1 N–H and O–H groups in total. The van der Waals surface area contributed by atoms with Crippen molar-refractivity contribution in [2.24, 2.45) is 0 Å². The molecule has 0 bridgehead atoms. The number of hydrogen-bond acceptors (Lipinski definition) is 4. The Morgan fingerprint density at radius 2 is 2.05 bits per heavy atom. The van der Waals surface area contributed by atoms with Crippen molar-refractivity contribution in [2.75, 3.05) is 6.54 Å². The summed E-state index contributed by atoms with van der Waals surface area (Å²) in [6.07, 6.45) is 3.15. The van der Waals surface area contributed by atoms with Gasteiger partial charge in [-0.05, 0) is 38.3 Å². The number of hydrogen-bond donors (Lipinski definition) is 1. The van der Waals surface area contributed by atoms with Gasteiger partial charge in [0.05, 0.1) is 12.1 Å². The molecule has 0 unspecified atom stereocenters. The molecule has 6 nitrogen and oxygen atoms in total. The number of nitrogens with zero attached hydrogens (tertiary/aromatic N) is 2. The van der Waals surface area contributed by atoms with E-state index >= 15 is 0 Å². The highest BCUT2D eigenvalue weighted by Gasteiger charge is 2.28. The van der Waals surface area contributed by atoms with Crippen LogP contribution >= 0.6 is 0 Å². The first-order chi connectivity index (χ1) is 9.28. The SMILES string of the molecule is CC(C)(C)OC(=O)N1CCc2cncc(C(=O)O)c2C1. The Kier molecular flexibility index (Phi) is 3.65. The van der Waals surface area contributed by atoms with Crippen LogP contribution in [0.4, 0.5) is 4.79 Å². The minimum atomic E-state index is -1.03. The average Bonchev–Trinajstić information content (AvgIpc) is 2.35. The molecule has 108 valence electrons. The molecule has 0 spiro atoms. The maximum atomic E-state index is 12.0. The highest BCUT2D eigenvalue weighted by molar-refractivity contribution is 5.89. The van der Waals surface area contributed by atoms with Gasteiger partial charge in [-0.2, -0.15) is 0 Å². The molecule has 1 aromatic heterocycles. The molecule has 20 heavy (non-hydrogen) atoms. The molecule has 0 atom stereocenters. The number of carbonyl (C=O) groups is 2. The second-order valence-corrected chi connectivity index (χ2v) is 5.78. The summed E-state index contributed by atoms with van der Waals surface area (Å²) in [6, 6.07) is 0. The van der Waals surface area contributed by atoms with Gasteiger partial charge in [-0.1, -0.05) is 0 Å². The predicted molar refractivity (Wildman–Crippen MR) is 71.5 cm³/mol. The van der Waals surface area contributed by atoms with Crippen LogP contribution in [0.3, 0.4) is 0 Å². The third kappa shape index (κ3) is 3.07.